The Morgan fingerprint density at radius 1 is 1.09 bits per heavy atom. The molecule has 1 atom stereocenters. The molecule has 2 N–H and O–H groups in total. The quantitative estimate of drug-likeness (QED) is 0.520. The Kier molecular flexibility index (Phi) is 9.36. The fraction of sp³-hybridized carbons (Fsp3) is 0.417. The average molecular weight is 478 g/mol. The van der Waals surface area contributed by atoms with Crippen LogP contribution in [-0.2, 0) is 14.3 Å². The van der Waals surface area contributed by atoms with Crippen LogP contribution < -0.4 is 10.6 Å². The van der Waals surface area contributed by atoms with Crippen LogP contribution in [0.1, 0.15) is 30.9 Å². The van der Waals surface area contributed by atoms with Crippen molar-refractivity contribution in [1.29, 1.82) is 0 Å². The van der Waals surface area contributed by atoms with Crippen molar-refractivity contribution in [2.24, 2.45) is 5.92 Å². The number of anilines is 1. The highest BCUT2D eigenvalue weighted by molar-refractivity contribution is 6.35. The van der Waals surface area contributed by atoms with Crippen molar-refractivity contribution in [3.63, 3.8) is 0 Å². The molecule has 1 saturated heterocycles. The standard InChI is InChI=1S/C24H29Cl2N3O3/c1-32-13-5-10-27-23(30)18-8-11-29(12-9-18)22(17-6-3-2-4-7-17)24(31)28-21-15-19(25)14-20(26)16-21/h2-4,6-7,14-16,18,22H,5,8-13H2,1H3,(H,27,30)(H,28,31). The molecule has 2 aromatic carbocycles. The summed E-state index contributed by atoms with van der Waals surface area (Å²) in [6.45, 7) is 2.55. The van der Waals surface area contributed by atoms with Gasteiger partial charge in [0.15, 0.2) is 0 Å². The molecule has 0 radical (unpaired) electrons. The van der Waals surface area contributed by atoms with Gasteiger partial charge in [0, 0.05) is 41.9 Å². The van der Waals surface area contributed by atoms with Gasteiger partial charge in [0.05, 0.1) is 0 Å². The average Bonchev–Trinajstić information content (AvgIpc) is 2.77. The largest absolute Gasteiger partial charge is 0.385 e. The Morgan fingerprint density at radius 2 is 1.75 bits per heavy atom. The van der Waals surface area contributed by atoms with Gasteiger partial charge in [-0.05, 0) is 56.1 Å². The zero-order chi connectivity index (χ0) is 22.9. The number of nitrogens with zero attached hydrogens (tertiary/aromatic N) is 1. The van der Waals surface area contributed by atoms with Crippen LogP contribution in [0.25, 0.3) is 0 Å². The van der Waals surface area contributed by atoms with Crippen molar-refractivity contribution in [3.05, 3.63) is 64.1 Å². The van der Waals surface area contributed by atoms with E-state index < -0.39 is 6.04 Å². The Labute approximate surface area is 199 Å². The first-order valence-electron chi connectivity index (χ1n) is 10.8. The summed E-state index contributed by atoms with van der Waals surface area (Å²) in [4.78, 5) is 27.9. The SMILES string of the molecule is COCCCNC(=O)C1CCN(C(C(=O)Nc2cc(Cl)cc(Cl)c2)c2ccccc2)CC1. The van der Waals surface area contributed by atoms with Crippen molar-refractivity contribution in [3.8, 4) is 0 Å². The first-order chi connectivity index (χ1) is 15.5. The van der Waals surface area contributed by atoms with Gasteiger partial charge in [-0.1, -0.05) is 53.5 Å². The number of ether oxygens (including phenoxy) is 1. The normalized spacial score (nSPS) is 15.8. The van der Waals surface area contributed by atoms with Crippen LogP contribution in [-0.4, -0.2) is 50.1 Å². The third kappa shape index (κ3) is 6.94. The van der Waals surface area contributed by atoms with Crippen molar-refractivity contribution in [2.75, 3.05) is 38.7 Å². The lowest BCUT2D eigenvalue weighted by Gasteiger charge is -2.36. The fourth-order valence-corrected chi connectivity index (χ4v) is 4.52. The smallest absolute Gasteiger partial charge is 0.246 e. The third-order valence-electron chi connectivity index (χ3n) is 5.58. The van der Waals surface area contributed by atoms with Gasteiger partial charge in [0.25, 0.3) is 0 Å². The van der Waals surface area contributed by atoms with Crippen LogP contribution in [0.3, 0.4) is 0 Å². The molecular weight excluding hydrogens is 449 g/mol. The summed E-state index contributed by atoms with van der Waals surface area (Å²) in [6, 6.07) is 14.2. The molecule has 0 saturated carbocycles. The first-order valence-corrected chi connectivity index (χ1v) is 11.6. The minimum absolute atomic E-state index is 0.0417. The number of hydrogen-bond donors (Lipinski definition) is 2. The zero-order valence-corrected chi connectivity index (χ0v) is 19.7. The van der Waals surface area contributed by atoms with Crippen LogP contribution >= 0.6 is 23.2 Å². The number of halogens is 2. The summed E-state index contributed by atoms with van der Waals surface area (Å²) in [6.07, 6.45) is 2.20. The molecule has 1 aliphatic rings. The van der Waals surface area contributed by atoms with Crippen LogP contribution in [0.5, 0.6) is 0 Å². The molecule has 8 heteroatoms. The Hall–Kier alpha value is -2.12. The molecule has 6 nitrogen and oxygen atoms in total. The minimum Gasteiger partial charge on any atom is -0.385 e. The van der Waals surface area contributed by atoms with Crippen LogP contribution in [0.2, 0.25) is 10.0 Å². The highest BCUT2D eigenvalue weighted by atomic mass is 35.5. The van der Waals surface area contributed by atoms with Gasteiger partial charge in [-0.15, -0.1) is 0 Å². The van der Waals surface area contributed by atoms with E-state index in [4.69, 9.17) is 27.9 Å². The molecule has 0 spiro atoms. The lowest BCUT2D eigenvalue weighted by molar-refractivity contribution is -0.127. The Balaban J connectivity index is 1.67. The van der Waals surface area contributed by atoms with Crippen molar-refractivity contribution in [1.82, 2.24) is 10.2 Å². The Bertz CT molecular complexity index is 882. The number of amides is 2. The van der Waals surface area contributed by atoms with Gasteiger partial charge >= 0.3 is 0 Å². The number of carbonyl (C=O) groups is 2. The minimum atomic E-state index is -0.473. The third-order valence-corrected chi connectivity index (χ3v) is 6.02. The number of hydrogen-bond acceptors (Lipinski definition) is 4. The Morgan fingerprint density at radius 3 is 2.38 bits per heavy atom. The molecule has 0 aliphatic carbocycles. The van der Waals surface area contributed by atoms with Crippen molar-refractivity contribution in [2.45, 2.75) is 25.3 Å². The van der Waals surface area contributed by atoms with Gasteiger partial charge in [-0.2, -0.15) is 0 Å². The van der Waals surface area contributed by atoms with E-state index in [2.05, 4.69) is 15.5 Å². The lowest BCUT2D eigenvalue weighted by atomic mass is 9.93. The van der Waals surface area contributed by atoms with E-state index in [-0.39, 0.29) is 17.7 Å². The second-order valence-electron chi connectivity index (χ2n) is 7.91. The van der Waals surface area contributed by atoms with Gasteiger partial charge in [-0.3, -0.25) is 14.5 Å². The van der Waals surface area contributed by atoms with E-state index in [0.29, 0.717) is 54.8 Å². The summed E-state index contributed by atoms with van der Waals surface area (Å²) in [5, 5.41) is 6.86. The number of carbonyl (C=O) groups excluding carboxylic acids is 2. The van der Waals surface area contributed by atoms with E-state index in [1.165, 1.54) is 0 Å². The van der Waals surface area contributed by atoms with E-state index in [9.17, 15) is 9.59 Å². The fourth-order valence-electron chi connectivity index (χ4n) is 3.99. The summed E-state index contributed by atoms with van der Waals surface area (Å²) in [5.74, 6) is -0.118. The number of piperidine rings is 1. The maximum atomic E-state index is 13.3. The molecule has 1 heterocycles. The second-order valence-corrected chi connectivity index (χ2v) is 8.78. The highest BCUT2D eigenvalue weighted by Gasteiger charge is 2.33. The molecule has 1 fully saturated rings. The summed E-state index contributed by atoms with van der Waals surface area (Å²) >= 11 is 12.2. The van der Waals surface area contributed by atoms with E-state index in [0.717, 1.165) is 12.0 Å². The molecule has 3 rings (SSSR count). The first kappa shape index (κ1) is 24.5. The van der Waals surface area contributed by atoms with E-state index >= 15 is 0 Å². The molecular formula is C24H29Cl2N3O3. The molecule has 0 bridgehead atoms. The molecule has 0 aromatic heterocycles. The highest BCUT2D eigenvalue weighted by Crippen LogP contribution is 2.29. The summed E-state index contributed by atoms with van der Waals surface area (Å²) in [5.41, 5.74) is 1.46. The number of rotatable bonds is 9. The van der Waals surface area contributed by atoms with Gasteiger partial charge < -0.3 is 15.4 Å². The lowest BCUT2D eigenvalue weighted by Crippen LogP contribution is -2.45. The number of nitrogens with one attached hydrogen (secondary N) is 2. The van der Waals surface area contributed by atoms with Gasteiger partial charge in [0.1, 0.15) is 6.04 Å². The topological polar surface area (TPSA) is 70.7 Å². The van der Waals surface area contributed by atoms with Crippen LogP contribution in [0.4, 0.5) is 5.69 Å². The van der Waals surface area contributed by atoms with Crippen LogP contribution in [0, 0.1) is 5.92 Å². The van der Waals surface area contributed by atoms with Crippen LogP contribution in [0.15, 0.2) is 48.5 Å². The molecule has 172 valence electrons. The van der Waals surface area contributed by atoms with E-state index in [1.54, 1.807) is 25.3 Å². The molecule has 32 heavy (non-hydrogen) atoms. The van der Waals surface area contributed by atoms with E-state index in [1.807, 2.05) is 30.3 Å². The monoisotopic (exact) mass is 477 g/mol. The second kappa shape index (κ2) is 12.2. The molecule has 1 aliphatic heterocycles. The predicted octanol–water partition coefficient (Wildman–Crippen LogP) is 4.54. The summed E-state index contributed by atoms with van der Waals surface area (Å²) < 4.78 is 5.02. The van der Waals surface area contributed by atoms with Gasteiger partial charge in [-0.25, -0.2) is 0 Å². The predicted molar refractivity (Wildman–Crippen MR) is 128 cm³/mol. The van der Waals surface area contributed by atoms with Gasteiger partial charge in [0.2, 0.25) is 11.8 Å². The number of likely N-dealkylation sites (tertiary alicyclic amines) is 1. The molecule has 2 amide bonds. The van der Waals surface area contributed by atoms with Crippen molar-refractivity contribution < 1.29 is 14.3 Å². The maximum Gasteiger partial charge on any atom is 0.246 e. The van der Waals surface area contributed by atoms with Crippen molar-refractivity contribution >= 4 is 40.7 Å². The number of benzene rings is 2. The number of methoxy groups -OCH3 is 1. The molecule has 1 unspecified atom stereocenters. The molecule has 2 aromatic rings. The summed E-state index contributed by atoms with van der Waals surface area (Å²) in [7, 11) is 1.65. The maximum absolute atomic E-state index is 13.3. The zero-order valence-electron chi connectivity index (χ0n) is 18.2.